The molecule has 0 radical (unpaired) electrons. The first-order valence-electron chi connectivity index (χ1n) is 9.40. The van der Waals surface area contributed by atoms with Crippen molar-refractivity contribution in [1.82, 2.24) is 24.5 Å². The Kier molecular flexibility index (Phi) is 4.95. The monoisotopic (exact) mass is 386 g/mol. The second-order valence-electron chi connectivity index (χ2n) is 6.94. The number of benzene rings is 2. The Morgan fingerprint density at radius 3 is 2.45 bits per heavy atom. The van der Waals surface area contributed by atoms with E-state index < -0.39 is 0 Å². The molecule has 2 heterocycles. The molecule has 4 aromatic rings. The summed E-state index contributed by atoms with van der Waals surface area (Å²) >= 11 is 0. The lowest BCUT2D eigenvalue weighted by atomic mass is 10.1. The largest absolute Gasteiger partial charge is 0.289 e. The highest BCUT2D eigenvalue weighted by atomic mass is 16.1. The second-order valence-corrected chi connectivity index (χ2v) is 6.94. The molecule has 7 heteroatoms. The lowest BCUT2D eigenvalue weighted by Gasteiger charge is -2.05. The number of amides is 1. The summed E-state index contributed by atoms with van der Waals surface area (Å²) in [7, 11) is 0. The molecule has 0 atom stereocenters. The molecule has 0 aliphatic rings. The fraction of sp³-hybridized carbons (Fsp3) is 0.182. The Bertz CT molecular complexity index is 1160. The van der Waals surface area contributed by atoms with E-state index in [1.54, 1.807) is 15.7 Å². The molecule has 0 saturated carbocycles. The highest BCUT2D eigenvalue weighted by Crippen LogP contribution is 2.19. The molecule has 7 nitrogen and oxygen atoms in total. The van der Waals surface area contributed by atoms with Gasteiger partial charge in [0.2, 0.25) is 5.95 Å². The Morgan fingerprint density at radius 1 is 0.966 bits per heavy atom. The number of aryl methyl sites for hydroxylation is 2. The van der Waals surface area contributed by atoms with Gasteiger partial charge in [0, 0.05) is 0 Å². The van der Waals surface area contributed by atoms with Gasteiger partial charge in [-0.3, -0.25) is 10.1 Å². The predicted molar refractivity (Wildman–Crippen MR) is 111 cm³/mol. The van der Waals surface area contributed by atoms with Gasteiger partial charge in [0.25, 0.3) is 5.91 Å². The van der Waals surface area contributed by atoms with E-state index in [1.165, 1.54) is 5.56 Å². The summed E-state index contributed by atoms with van der Waals surface area (Å²) < 4.78 is 3.49. The van der Waals surface area contributed by atoms with Crippen molar-refractivity contribution < 1.29 is 4.79 Å². The van der Waals surface area contributed by atoms with Crippen LogP contribution in [0.25, 0.3) is 5.69 Å². The van der Waals surface area contributed by atoms with Crippen LogP contribution in [-0.4, -0.2) is 30.5 Å². The molecular formula is C22H22N6O. The van der Waals surface area contributed by atoms with Crippen LogP contribution in [0.5, 0.6) is 0 Å². The maximum atomic E-state index is 12.9. The van der Waals surface area contributed by atoms with Crippen LogP contribution in [0.2, 0.25) is 0 Å². The van der Waals surface area contributed by atoms with Crippen molar-refractivity contribution in [3.05, 3.63) is 89.0 Å². The van der Waals surface area contributed by atoms with Crippen molar-refractivity contribution in [3.63, 3.8) is 0 Å². The van der Waals surface area contributed by atoms with Crippen LogP contribution >= 0.6 is 0 Å². The highest BCUT2D eigenvalue weighted by Gasteiger charge is 2.20. The van der Waals surface area contributed by atoms with Gasteiger partial charge in [-0.05, 0) is 44.0 Å². The number of rotatable bonds is 5. The quantitative estimate of drug-likeness (QED) is 0.567. The fourth-order valence-electron chi connectivity index (χ4n) is 3.35. The third kappa shape index (κ3) is 3.80. The summed E-state index contributed by atoms with van der Waals surface area (Å²) in [4.78, 5) is 17.1. The molecule has 0 bridgehead atoms. The zero-order valence-electron chi connectivity index (χ0n) is 16.6. The van der Waals surface area contributed by atoms with Crippen LogP contribution < -0.4 is 5.32 Å². The molecule has 0 saturated heterocycles. The summed E-state index contributed by atoms with van der Waals surface area (Å²) in [5, 5.41) is 11.7. The summed E-state index contributed by atoms with van der Waals surface area (Å²) in [6.07, 6.45) is 1.62. The fourth-order valence-corrected chi connectivity index (χ4v) is 3.35. The maximum Gasteiger partial charge on any atom is 0.261 e. The average molecular weight is 386 g/mol. The Morgan fingerprint density at radius 2 is 1.69 bits per heavy atom. The minimum Gasteiger partial charge on any atom is -0.289 e. The topological polar surface area (TPSA) is 77.6 Å². The van der Waals surface area contributed by atoms with Crippen LogP contribution in [0.3, 0.4) is 0 Å². The SMILES string of the molecule is Cc1ccccc1Cn1cnc(NC(=O)c2c(C)nn(-c3ccccc3)c2C)n1. The first-order chi connectivity index (χ1) is 14.0. The van der Waals surface area contributed by atoms with Gasteiger partial charge in [0.1, 0.15) is 6.33 Å². The molecule has 0 unspecified atom stereocenters. The van der Waals surface area contributed by atoms with Crippen molar-refractivity contribution in [3.8, 4) is 5.69 Å². The van der Waals surface area contributed by atoms with E-state index in [-0.39, 0.29) is 11.9 Å². The van der Waals surface area contributed by atoms with Gasteiger partial charge in [-0.15, -0.1) is 5.10 Å². The van der Waals surface area contributed by atoms with Crippen LogP contribution in [0.1, 0.15) is 32.9 Å². The minimum absolute atomic E-state index is 0.268. The van der Waals surface area contributed by atoms with E-state index in [0.29, 0.717) is 17.8 Å². The molecule has 29 heavy (non-hydrogen) atoms. The average Bonchev–Trinajstić information content (AvgIpc) is 3.27. The first kappa shape index (κ1) is 18.6. The van der Waals surface area contributed by atoms with Crippen LogP contribution in [0.4, 0.5) is 5.95 Å². The van der Waals surface area contributed by atoms with E-state index in [2.05, 4.69) is 39.6 Å². The van der Waals surface area contributed by atoms with Crippen LogP contribution in [-0.2, 0) is 6.54 Å². The predicted octanol–water partition coefficient (Wildman–Crippen LogP) is 3.69. The number of nitrogens with one attached hydrogen (secondary N) is 1. The van der Waals surface area contributed by atoms with Crippen molar-refractivity contribution in [2.24, 2.45) is 0 Å². The first-order valence-corrected chi connectivity index (χ1v) is 9.40. The van der Waals surface area contributed by atoms with Crippen molar-refractivity contribution in [1.29, 1.82) is 0 Å². The molecule has 146 valence electrons. The van der Waals surface area contributed by atoms with Gasteiger partial charge >= 0.3 is 0 Å². The molecule has 0 spiro atoms. The molecule has 4 rings (SSSR count). The number of para-hydroxylation sites is 1. The summed E-state index contributed by atoms with van der Waals surface area (Å²) in [5.41, 5.74) is 5.21. The van der Waals surface area contributed by atoms with Crippen molar-refractivity contribution in [2.45, 2.75) is 27.3 Å². The van der Waals surface area contributed by atoms with E-state index in [4.69, 9.17) is 0 Å². The van der Waals surface area contributed by atoms with Crippen LogP contribution in [0, 0.1) is 20.8 Å². The van der Waals surface area contributed by atoms with Crippen LogP contribution in [0.15, 0.2) is 60.9 Å². The Balaban J connectivity index is 1.53. The number of carbonyl (C=O) groups is 1. The van der Waals surface area contributed by atoms with Gasteiger partial charge in [-0.25, -0.2) is 14.3 Å². The number of hydrogen-bond acceptors (Lipinski definition) is 4. The molecule has 1 amide bonds. The zero-order chi connectivity index (χ0) is 20.4. The lowest BCUT2D eigenvalue weighted by Crippen LogP contribution is -2.15. The van der Waals surface area contributed by atoms with E-state index in [9.17, 15) is 4.79 Å². The third-order valence-corrected chi connectivity index (χ3v) is 4.87. The zero-order valence-corrected chi connectivity index (χ0v) is 16.6. The van der Waals surface area contributed by atoms with E-state index >= 15 is 0 Å². The van der Waals surface area contributed by atoms with Crippen molar-refractivity contribution in [2.75, 3.05) is 5.32 Å². The lowest BCUT2D eigenvalue weighted by molar-refractivity contribution is 0.102. The smallest absolute Gasteiger partial charge is 0.261 e. The molecule has 0 aliphatic carbocycles. The standard InChI is InChI=1S/C22H22N6O/c1-15-9-7-8-10-18(15)13-27-14-23-22(26-27)24-21(29)20-16(2)25-28(17(20)3)19-11-5-4-6-12-19/h4-12,14H,13H2,1-3H3,(H,24,26,29). The molecule has 2 aromatic heterocycles. The van der Waals surface area contributed by atoms with Gasteiger partial charge in [0.05, 0.1) is 29.2 Å². The number of carbonyl (C=O) groups excluding carboxylic acids is 1. The summed E-state index contributed by atoms with van der Waals surface area (Å²) in [6.45, 7) is 6.36. The molecular weight excluding hydrogens is 364 g/mol. The second kappa shape index (κ2) is 7.71. The molecule has 1 N–H and O–H groups in total. The van der Waals surface area contributed by atoms with Gasteiger partial charge in [-0.1, -0.05) is 42.5 Å². The minimum atomic E-state index is -0.268. The number of nitrogens with zero attached hydrogens (tertiary/aromatic N) is 5. The van der Waals surface area contributed by atoms with Crippen molar-refractivity contribution >= 4 is 11.9 Å². The summed E-state index contributed by atoms with van der Waals surface area (Å²) in [5.74, 6) is 0.00525. The molecule has 0 fully saturated rings. The van der Waals surface area contributed by atoms with E-state index in [1.807, 2.05) is 56.3 Å². The van der Waals surface area contributed by atoms with Gasteiger partial charge in [0.15, 0.2) is 0 Å². The molecule has 2 aromatic carbocycles. The maximum absolute atomic E-state index is 12.9. The Labute approximate surface area is 169 Å². The summed E-state index contributed by atoms with van der Waals surface area (Å²) in [6, 6.07) is 17.9. The van der Waals surface area contributed by atoms with Gasteiger partial charge in [-0.2, -0.15) is 5.10 Å². The Hall–Kier alpha value is -3.74. The number of hydrogen-bond donors (Lipinski definition) is 1. The highest BCUT2D eigenvalue weighted by molar-refractivity contribution is 6.05. The normalized spacial score (nSPS) is 10.9. The number of anilines is 1. The van der Waals surface area contributed by atoms with E-state index in [0.717, 1.165) is 16.9 Å². The third-order valence-electron chi connectivity index (χ3n) is 4.87. The van der Waals surface area contributed by atoms with Gasteiger partial charge < -0.3 is 0 Å². The molecule has 0 aliphatic heterocycles. The number of aromatic nitrogens is 5.